The Labute approximate surface area is 44.7 Å². The predicted octanol–water partition coefficient (Wildman–Crippen LogP) is -0.277. The second-order valence-electron chi connectivity index (χ2n) is 1.10. The molecule has 0 aliphatic heterocycles. The van der Waals surface area contributed by atoms with Gasteiger partial charge in [0.1, 0.15) is 6.20 Å². The molecule has 41 valence electrons. The minimum absolute atomic E-state index is 0.583. The normalized spacial score (nSPS) is 9.00. The van der Waals surface area contributed by atoms with Gasteiger partial charge in [0.25, 0.3) is 6.20 Å². The Morgan fingerprint density at radius 3 is 2.88 bits per heavy atom. The van der Waals surface area contributed by atoms with Crippen LogP contribution in [0.3, 0.4) is 0 Å². The average Bonchev–Trinajstić information content (AvgIpc) is 2.12. The van der Waals surface area contributed by atoms with Crippen molar-refractivity contribution < 1.29 is 5.03 Å². The molecule has 1 heterocycles. The lowest BCUT2D eigenvalue weighted by Crippen LogP contribution is -2.07. The zero-order chi connectivity index (χ0) is 5.98. The summed E-state index contributed by atoms with van der Waals surface area (Å²) in [5.41, 5.74) is 0. The Bertz CT molecular complexity index is 180. The van der Waals surface area contributed by atoms with E-state index in [1.54, 1.807) is 0 Å². The van der Waals surface area contributed by atoms with E-state index in [0.29, 0.717) is 4.79 Å². The quantitative estimate of drug-likeness (QED) is 0.371. The highest BCUT2D eigenvalue weighted by molar-refractivity contribution is 4.72. The third kappa shape index (κ3) is 0.651. The maximum atomic E-state index is 9.75. The second kappa shape index (κ2) is 1.61. The maximum absolute atomic E-state index is 9.75. The highest BCUT2D eigenvalue weighted by atomic mass is 16.7. The Kier molecular flexibility index (Phi) is 0.957. The van der Waals surface area contributed by atoms with Gasteiger partial charge in [-0.05, 0) is 0 Å². The van der Waals surface area contributed by atoms with Crippen LogP contribution in [-0.2, 0) is 0 Å². The van der Waals surface area contributed by atoms with E-state index in [-0.39, 0.29) is 0 Å². The predicted molar refractivity (Wildman–Crippen MR) is 23.5 cm³/mol. The van der Waals surface area contributed by atoms with Crippen LogP contribution in [0.2, 0.25) is 0 Å². The van der Waals surface area contributed by atoms with Gasteiger partial charge in [0.2, 0.25) is 0 Å². The average molecular weight is 112 g/mol. The molecule has 0 spiro atoms. The van der Waals surface area contributed by atoms with Crippen LogP contribution in [0.4, 0.5) is 0 Å². The van der Waals surface area contributed by atoms with Gasteiger partial charge in [0, 0.05) is 10.9 Å². The van der Waals surface area contributed by atoms with Crippen molar-refractivity contribution in [3.63, 3.8) is 0 Å². The first-order valence-corrected chi connectivity index (χ1v) is 1.87. The summed E-state index contributed by atoms with van der Waals surface area (Å²) in [6.07, 6.45) is 3.49. The van der Waals surface area contributed by atoms with Crippen molar-refractivity contribution in [2.45, 2.75) is 0 Å². The lowest BCUT2D eigenvalue weighted by atomic mass is 10.8. The molecule has 0 unspecified atom stereocenters. The summed E-state index contributed by atoms with van der Waals surface area (Å²) >= 11 is 0. The van der Waals surface area contributed by atoms with Gasteiger partial charge >= 0.3 is 0 Å². The van der Waals surface area contributed by atoms with E-state index in [1.807, 2.05) is 0 Å². The first kappa shape index (κ1) is 4.76. The summed E-state index contributed by atoms with van der Waals surface area (Å²) in [6, 6.07) is 1.36. The molecule has 8 heavy (non-hydrogen) atoms. The fraction of sp³-hybridized carbons (Fsp3) is 0. The molecule has 0 saturated carbocycles. The number of nitro groups is 1. The summed E-state index contributed by atoms with van der Waals surface area (Å²) in [6.45, 7) is 0. The number of hydrogen-bond acceptors (Lipinski definition) is 3. The SMILES string of the molecule is O=[N+]([O-])n1cc[c]n1. The molecule has 1 aromatic heterocycles. The number of aromatic nitrogens is 2. The molecular weight excluding hydrogens is 110 g/mol. The summed E-state index contributed by atoms with van der Waals surface area (Å²) in [7, 11) is 0. The molecule has 0 N–H and O–H groups in total. The van der Waals surface area contributed by atoms with Gasteiger partial charge < -0.3 is 10.1 Å². The monoisotopic (exact) mass is 112 g/mol. The molecular formula is C3H2N3O2. The van der Waals surface area contributed by atoms with Gasteiger partial charge in [-0.25, -0.2) is 0 Å². The first-order valence-electron chi connectivity index (χ1n) is 1.87. The molecule has 1 radical (unpaired) electrons. The summed E-state index contributed by atoms with van der Waals surface area (Å²) in [5.74, 6) is 0. The Morgan fingerprint density at radius 1 is 1.88 bits per heavy atom. The van der Waals surface area contributed by atoms with E-state index >= 15 is 0 Å². The number of hydrogen-bond donors (Lipinski definition) is 0. The van der Waals surface area contributed by atoms with Crippen LogP contribution in [0, 0.1) is 16.3 Å². The Morgan fingerprint density at radius 2 is 2.62 bits per heavy atom. The third-order valence-electron chi connectivity index (χ3n) is 0.610. The van der Waals surface area contributed by atoms with Crippen molar-refractivity contribution in [2.75, 3.05) is 0 Å². The van der Waals surface area contributed by atoms with Gasteiger partial charge in [0.15, 0.2) is 0 Å². The molecule has 5 heteroatoms. The standard InChI is InChI=1S/C3H2N3O2/c7-6(8)5-3-1-2-4-5/h1,3H. The highest BCUT2D eigenvalue weighted by Gasteiger charge is 1.95. The number of rotatable bonds is 1. The van der Waals surface area contributed by atoms with Crippen LogP contribution in [0.25, 0.3) is 0 Å². The topological polar surface area (TPSA) is 61.0 Å². The fourth-order valence-electron chi connectivity index (χ4n) is 0.317. The van der Waals surface area contributed by atoms with Crippen molar-refractivity contribution in [2.24, 2.45) is 0 Å². The van der Waals surface area contributed by atoms with E-state index in [9.17, 15) is 10.1 Å². The molecule has 0 fully saturated rings. The lowest BCUT2D eigenvalue weighted by molar-refractivity contribution is -0.552. The largest absolute Gasteiger partial charge is 0.339 e. The molecule has 1 aromatic rings. The van der Waals surface area contributed by atoms with Gasteiger partial charge in [-0.2, -0.15) is 0 Å². The van der Waals surface area contributed by atoms with Gasteiger partial charge in [0.05, 0.1) is 10.1 Å². The van der Waals surface area contributed by atoms with E-state index in [2.05, 4.69) is 11.3 Å². The summed E-state index contributed by atoms with van der Waals surface area (Å²) < 4.78 is 0. The minimum Gasteiger partial charge on any atom is -0.339 e. The van der Waals surface area contributed by atoms with Crippen LogP contribution in [0.5, 0.6) is 0 Å². The highest BCUT2D eigenvalue weighted by Crippen LogP contribution is 1.78. The van der Waals surface area contributed by atoms with Crippen LogP contribution in [-0.4, -0.2) is 14.9 Å². The second-order valence-corrected chi connectivity index (χ2v) is 1.10. The molecule has 0 amide bonds. The maximum Gasteiger partial charge on any atom is 0.256 e. The zero-order valence-corrected chi connectivity index (χ0v) is 3.81. The smallest absolute Gasteiger partial charge is 0.256 e. The van der Waals surface area contributed by atoms with Crippen molar-refractivity contribution >= 4 is 0 Å². The molecule has 0 saturated heterocycles. The van der Waals surface area contributed by atoms with E-state index < -0.39 is 5.03 Å². The van der Waals surface area contributed by atoms with Crippen molar-refractivity contribution in [1.82, 2.24) is 9.89 Å². The van der Waals surface area contributed by atoms with Crippen molar-refractivity contribution in [3.05, 3.63) is 28.6 Å². The molecule has 0 aromatic carbocycles. The van der Waals surface area contributed by atoms with Gasteiger partial charge in [-0.15, -0.1) is 0 Å². The van der Waals surface area contributed by atoms with E-state index in [0.717, 1.165) is 0 Å². The Balaban J connectivity index is 2.93. The van der Waals surface area contributed by atoms with Crippen LogP contribution < -0.4 is 0 Å². The van der Waals surface area contributed by atoms with Crippen molar-refractivity contribution in [1.29, 1.82) is 0 Å². The molecule has 0 aliphatic rings. The lowest BCUT2D eigenvalue weighted by Gasteiger charge is -1.85. The minimum atomic E-state index is -0.642. The fourth-order valence-corrected chi connectivity index (χ4v) is 0.317. The summed E-state index contributed by atoms with van der Waals surface area (Å²) in [4.78, 5) is 10.3. The summed E-state index contributed by atoms with van der Waals surface area (Å²) in [5, 5.41) is 12.3. The van der Waals surface area contributed by atoms with E-state index in [4.69, 9.17) is 0 Å². The van der Waals surface area contributed by atoms with Crippen LogP contribution in [0.15, 0.2) is 12.3 Å². The molecule has 0 aliphatic carbocycles. The van der Waals surface area contributed by atoms with Crippen LogP contribution >= 0.6 is 0 Å². The molecule has 5 nitrogen and oxygen atoms in total. The molecule has 0 bridgehead atoms. The Hall–Kier alpha value is -1.39. The van der Waals surface area contributed by atoms with Gasteiger partial charge in [-0.3, -0.25) is 0 Å². The molecule has 1 rings (SSSR count). The van der Waals surface area contributed by atoms with Crippen molar-refractivity contribution in [3.8, 4) is 0 Å². The van der Waals surface area contributed by atoms with Crippen LogP contribution in [0.1, 0.15) is 0 Å². The van der Waals surface area contributed by atoms with Gasteiger partial charge in [-0.1, -0.05) is 0 Å². The first-order chi connectivity index (χ1) is 3.80. The third-order valence-corrected chi connectivity index (χ3v) is 0.610. The zero-order valence-electron chi connectivity index (χ0n) is 3.81. The van der Waals surface area contributed by atoms with E-state index in [1.165, 1.54) is 12.3 Å². The molecule has 0 atom stereocenters. The number of nitrogens with zero attached hydrogens (tertiary/aromatic N) is 3.